The van der Waals surface area contributed by atoms with Gasteiger partial charge in [0.1, 0.15) is 30.2 Å². The van der Waals surface area contributed by atoms with Crippen molar-refractivity contribution >= 4 is 35.4 Å². The maximum Gasteiger partial charge on any atom is 0.256 e. The molecule has 3 fully saturated rings. The lowest BCUT2D eigenvalue weighted by Gasteiger charge is -2.44. The standard InChI is InChI=1S/C42H60N8O6/c1-4-28(2)36(45-37(51)31(43)26-29-16-7-5-8-17-29)42(56)50-24-14-12-21-34(50)40(54)49-23-13-11-20-33(49)39(53)47(3)35(27-30-18-9-6-10-19-30)41(55)48-25-15-22-32(48)38(52)46-44/h5-10,16-19,28,31-36H,4,11-15,20-27,43-44H2,1-3H3,(H,45,51)(H,46,52)/t28?,31-,32+,33+,34-,35-,36+/m1/s1. The quantitative estimate of drug-likeness (QED) is 0.127. The molecule has 3 aliphatic rings. The molecular formula is C42H60N8O6. The molecule has 5 rings (SSSR count). The smallest absolute Gasteiger partial charge is 0.256 e. The van der Waals surface area contributed by atoms with E-state index in [1.807, 2.05) is 74.5 Å². The molecule has 3 aliphatic heterocycles. The Hall–Kier alpha value is -4.82. The second-order valence-corrected chi connectivity index (χ2v) is 15.6. The van der Waals surface area contributed by atoms with Gasteiger partial charge in [0.05, 0.1) is 6.04 Å². The number of piperidine rings is 2. The van der Waals surface area contributed by atoms with E-state index in [1.54, 1.807) is 16.8 Å². The summed E-state index contributed by atoms with van der Waals surface area (Å²) in [6.45, 7) is 4.90. The third-order valence-corrected chi connectivity index (χ3v) is 11.9. The SMILES string of the molecule is CCC(C)[C@H](NC(=O)[C@H](N)Cc1ccccc1)C(=O)N1CCCC[C@@H]1C(=O)N1CCCC[C@H]1C(=O)N(C)[C@H](Cc1ccccc1)C(=O)N1CCC[C@H]1C(=O)NN. The zero-order chi connectivity index (χ0) is 40.4. The van der Waals surface area contributed by atoms with Gasteiger partial charge in [0.2, 0.25) is 29.5 Å². The maximum absolute atomic E-state index is 14.7. The number of carbonyl (C=O) groups excluding carboxylic acids is 6. The van der Waals surface area contributed by atoms with Crippen LogP contribution in [0.15, 0.2) is 60.7 Å². The molecule has 3 saturated heterocycles. The van der Waals surface area contributed by atoms with Crippen LogP contribution in [-0.2, 0) is 41.6 Å². The highest BCUT2D eigenvalue weighted by atomic mass is 16.2. The minimum atomic E-state index is -0.934. The van der Waals surface area contributed by atoms with Gasteiger partial charge >= 0.3 is 0 Å². The van der Waals surface area contributed by atoms with Gasteiger partial charge in [-0.25, -0.2) is 5.84 Å². The molecule has 304 valence electrons. The molecule has 56 heavy (non-hydrogen) atoms. The molecule has 2 aromatic rings. The summed E-state index contributed by atoms with van der Waals surface area (Å²) in [5, 5.41) is 2.94. The molecule has 0 aliphatic carbocycles. The summed E-state index contributed by atoms with van der Waals surface area (Å²) >= 11 is 0. The average molecular weight is 773 g/mol. The fourth-order valence-corrected chi connectivity index (χ4v) is 8.38. The Morgan fingerprint density at radius 2 is 1.27 bits per heavy atom. The number of nitrogens with zero attached hydrogens (tertiary/aromatic N) is 4. The van der Waals surface area contributed by atoms with Crippen molar-refractivity contribution in [2.24, 2.45) is 17.5 Å². The van der Waals surface area contributed by atoms with Crippen molar-refractivity contribution in [1.82, 2.24) is 30.3 Å². The third kappa shape index (κ3) is 9.94. The molecule has 7 atom stereocenters. The fourth-order valence-electron chi connectivity index (χ4n) is 8.38. The van der Waals surface area contributed by atoms with Gasteiger partial charge in [-0.05, 0) is 74.8 Å². The van der Waals surface area contributed by atoms with Crippen LogP contribution in [0.25, 0.3) is 0 Å². The van der Waals surface area contributed by atoms with Gasteiger partial charge in [-0.1, -0.05) is 80.9 Å². The summed E-state index contributed by atoms with van der Waals surface area (Å²) in [5.74, 6) is 3.01. The first-order valence-corrected chi connectivity index (χ1v) is 20.3. The van der Waals surface area contributed by atoms with Gasteiger partial charge in [0.15, 0.2) is 0 Å². The van der Waals surface area contributed by atoms with Gasteiger partial charge < -0.3 is 30.7 Å². The second kappa shape index (κ2) is 19.9. The van der Waals surface area contributed by atoms with Crippen molar-refractivity contribution < 1.29 is 28.8 Å². The van der Waals surface area contributed by atoms with Crippen LogP contribution in [0.2, 0.25) is 0 Å². The fraction of sp³-hybridized carbons (Fsp3) is 0.571. The Morgan fingerprint density at radius 1 is 0.732 bits per heavy atom. The van der Waals surface area contributed by atoms with Gasteiger partial charge in [-0.2, -0.15) is 0 Å². The largest absolute Gasteiger partial charge is 0.343 e. The van der Waals surface area contributed by atoms with Crippen LogP contribution in [0.1, 0.15) is 82.8 Å². The third-order valence-electron chi connectivity index (χ3n) is 11.9. The normalized spacial score (nSPS) is 22.0. The number of benzene rings is 2. The van der Waals surface area contributed by atoms with E-state index in [-0.39, 0.29) is 36.0 Å². The molecule has 0 aromatic heterocycles. The minimum Gasteiger partial charge on any atom is -0.343 e. The number of nitrogens with two attached hydrogens (primary N) is 2. The second-order valence-electron chi connectivity index (χ2n) is 15.6. The Bertz CT molecular complexity index is 1680. The van der Waals surface area contributed by atoms with E-state index in [4.69, 9.17) is 11.6 Å². The van der Waals surface area contributed by atoms with Gasteiger partial charge in [0.25, 0.3) is 5.91 Å². The van der Waals surface area contributed by atoms with Crippen molar-refractivity contribution in [3.63, 3.8) is 0 Å². The summed E-state index contributed by atoms with van der Waals surface area (Å²) in [6.07, 6.45) is 5.94. The lowest BCUT2D eigenvalue weighted by atomic mass is 9.92. The lowest BCUT2D eigenvalue weighted by Crippen LogP contribution is -2.63. The first-order valence-electron chi connectivity index (χ1n) is 20.3. The van der Waals surface area contributed by atoms with Crippen LogP contribution in [-0.4, -0.2) is 118 Å². The number of likely N-dealkylation sites (N-methyl/N-ethyl adjacent to an activating group) is 1. The minimum absolute atomic E-state index is 0.221. The van der Waals surface area contributed by atoms with Crippen molar-refractivity contribution in [3.05, 3.63) is 71.8 Å². The van der Waals surface area contributed by atoms with E-state index in [0.29, 0.717) is 71.0 Å². The molecular weight excluding hydrogens is 713 g/mol. The molecule has 0 spiro atoms. The maximum atomic E-state index is 14.7. The van der Waals surface area contributed by atoms with Crippen molar-refractivity contribution in [3.8, 4) is 0 Å². The number of carbonyl (C=O) groups is 6. The van der Waals surface area contributed by atoms with E-state index in [0.717, 1.165) is 24.0 Å². The van der Waals surface area contributed by atoms with Crippen LogP contribution < -0.4 is 22.3 Å². The summed E-state index contributed by atoms with van der Waals surface area (Å²) < 4.78 is 0. The topological polar surface area (TPSA) is 191 Å². The number of hydrogen-bond acceptors (Lipinski definition) is 8. The van der Waals surface area contributed by atoms with E-state index >= 15 is 0 Å². The van der Waals surface area contributed by atoms with E-state index in [2.05, 4.69) is 10.7 Å². The van der Waals surface area contributed by atoms with Crippen molar-refractivity contribution in [2.45, 2.75) is 121 Å². The van der Waals surface area contributed by atoms with E-state index < -0.39 is 48.1 Å². The molecule has 6 amide bonds. The number of hydrogen-bond donors (Lipinski definition) is 4. The van der Waals surface area contributed by atoms with E-state index in [1.165, 1.54) is 9.80 Å². The van der Waals surface area contributed by atoms with Crippen LogP contribution in [0, 0.1) is 5.92 Å². The zero-order valence-corrected chi connectivity index (χ0v) is 33.1. The lowest BCUT2D eigenvalue weighted by molar-refractivity contribution is -0.158. The number of amides is 6. The monoisotopic (exact) mass is 772 g/mol. The molecule has 3 heterocycles. The molecule has 6 N–H and O–H groups in total. The van der Waals surface area contributed by atoms with E-state index in [9.17, 15) is 28.8 Å². The summed E-state index contributed by atoms with van der Waals surface area (Å²) in [7, 11) is 1.59. The van der Waals surface area contributed by atoms with Crippen LogP contribution in [0.5, 0.6) is 0 Å². The highest BCUT2D eigenvalue weighted by Gasteiger charge is 2.45. The van der Waals surface area contributed by atoms with Gasteiger partial charge in [0, 0.05) is 33.1 Å². The Kier molecular flexibility index (Phi) is 15.0. The predicted octanol–water partition coefficient (Wildman–Crippen LogP) is 1.90. The van der Waals surface area contributed by atoms with Gasteiger partial charge in [-0.3, -0.25) is 34.2 Å². The van der Waals surface area contributed by atoms with Gasteiger partial charge in [-0.15, -0.1) is 0 Å². The molecule has 1 unspecified atom stereocenters. The summed E-state index contributed by atoms with van der Waals surface area (Å²) in [4.78, 5) is 90.2. The van der Waals surface area contributed by atoms with Crippen molar-refractivity contribution in [2.75, 3.05) is 26.7 Å². The predicted molar refractivity (Wildman–Crippen MR) is 212 cm³/mol. The summed E-state index contributed by atoms with van der Waals surface area (Å²) in [6, 6.07) is 13.8. The van der Waals surface area contributed by atoms with Crippen molar-refractivity contribution in [1.29, 1.82) is 0 Å². The molecule has 2 aromatic carbocycles. The molecule has 14 nitrogen and oxygen atoms in total. The first kappa shape index (κ1) is 42.3. The first-order chi connectivity index (χ1) is 27.0. The van der Waals surface area contributed by atoms with Crippen LogP contribution in [0.3, 0.4) is 0 Å². The number of nitrogens with one attached hydrogen (secondary N) is 2. The average Bonchev–Trinajstić information content (AvgIpc) is 3.74. The Balaban J connectivity index is 1.36. The number of rotatable bonds is 14. The number of likely N-dealkylation sites (tertiary alicyclic amines) is 3. The Labute approximate surface area is 330 Å². The van der Waals surface area contributed by atoms with Crippen LogP contribution >= 0.6 is 0 Å². The zero-order valence-electron chi connectivity index (χ0n) is 33.1. The molecule has 0 radical (unpaired) electrons. The Morgan fingerprint density at radius 3 is 1.88 bits per heavy atom. The van der Waals surface area contributed by atoms with Crippen LogP contribution in [0.4, 0.5) is 0 Å². The summed E-state index contributed by atoms with van der Waals surface area (Å²) in [5.41, 5.74) is 10.3. The molecule has 14 heteroatoms. The highest BCUT2D eigenvalue weighted by Crippen LogP contribution is 2.28. The number of hydrazine groups is 1. The molecule has 0 bridgehead atoms. The molecule has 0 saturated carbocycles. The highest BCUT2D eigenvalue weighted by molar-refractivity contribution is 5.97.